The number of fused-ring (bicyclic) bond motifs is 18. The van der Waals surface area contributed by atoms with Crippen LogP contribution in [-0.2, 0) is 24.9 Å². The number of hydrogen-bond acceptors (Lipinski definition) is 6. The van der Waals surface area contributed by atoms with E-state index >= 15 is 0 Å². The van der Waals surface area contributed by atoms with Crippen LogP contribution in [-0.4, -0.2) is 37.4 Å². The molecule has 0 spiro atoms. The third kappa shape index (κ3) is 8.11. The van der Waals surface area contributed by atoms with Crippen LogP contribution in [0.25, 0.3) is 149 Å². The summed E-state index contributed by atoms with van der Waals surface area (Å²) in [6.45, 7) is 10.8. The van der Waals surface area contributed by atoms with E-state index in [0.717, 1.165) is 72.2 Å². The number of carbonyl (C=O) groups is 1. The number of aliphatic hydroxyl groups is 1. The fourth-order valence-electron chi connectivity index (χ4n) is 12.1. The van der Waals surface area contributed by atoms with Crippen LogP contribution in [0.15, 0.2) is 233 Å². The summed E-state index contributed by atoms with van der Waals surface area (Å²) in [5.74, 6) is -0.0625. The van der Waals surface area contributed by atoms with Crippen molar-refractivity contribution in [2.45, 2.75) is 13.8 Å². The van der Waals surface area contributed by atoms with Crippen LogP contribution < -0.4 is 0 Å². The second kappa shape index (κ2) is 20.1. The Morgan fingerprint density at radius 3 is 1.74 bits per heavy atom. The zero-order valence-corrected chi connectivity index (χ0v) is 46.7. The van der Waals surface area contributed by atoms with Gasteiger partial charge in [0.1, 0.15) is 16.7 Å². The second-order valence-electron chi connectivity index (χ2n) is 20.1. The Labute approximate surface area is 478 Å². The first-order valence-electron chi connectivity index (χ1n) is 26.4. The van der Waals surface area contributed by atoms with Gasteiger partial charge in [0.2, 0.25) is 0 Å². The predicted molar refractivity (Wildman–Crippen MR) is 331 cm³/mol. The first-order chi connectivity index (χ1) is 39.2. The van der Waals surface area contributed by atoms with E-state index in [1.807, 2.05) is 36.5 Å². The molecule has 9 aromatic carbocycles. The Morgan fingerprint density at radius 1 is 0.580 bits per heavy atom. The Bertz CT molecular complexity index is 5210. The van der Waals surface area contributed by atoms with E-state index in [0.29, 0.717) is 0 Å². The number of allylic oxidation sites excluding steroid dienone is 3. The van der Waals surface area contributed by atoms with Crippen molar-refractivity contribution in [3.63, 3.8) is 0 Å². The van der Waals surface area contributed by atoms with Gasteiger partial charge in [0.05, 0.1) is 23.1 Å². The first kappa shape index (κ1) is 50.6. The second-order valence-corrected chi connectivity index (χ2v) is 20.1. The van der Waals surface area contributed by atoms with Crippen molar-refractivity contribution in [2.75, 3.05) is 7.05 Å². The van der Waals surface area contributed by atoms with Gasteiger partial charge in [-0.25, -0.2) is 0 Å². The van der Waals surface area contributed by atoms with Crippen LogP contribution in [0.1, 0.15) is 25.0 Å². The summed E-state index contributed by atoms with van der Waals surface area (Å²) < 4.78 is 17.0. The molecule has 16 rings (SSSR count). The predicted octanol–water partition coefficient (Wildman–Crippen LogP) is 18.6. The maximum atomic E-state index is 10.0. The van der Waals surface area contributed by atoms with Crippen molar-refractivity contribution in [3.05, 3.63) is 243 Å². The van der Waals surface area contributed by atoms with E-state index in [2.05, 4.69) is 196 Å². The summed E-state index contributed by atoms with van der Waals surface area (Å²) in [4.78, 5) is 19.0. The molecule has 0 amide bonds. The molecule has 0 aliphatic heterocycles. The standard InChI is InChI=1S/C35H19N2O.C32H21N2O.C5H8O2.Ir/c1-2-8-21(9-3-1)23-19-26-25-18-22(28-11-6-7-17-36-28)13-14-29(25)37-30-15-16-32-34(33(30)27(20-23)35(26)37)24-10-4-5-12-31(24)38-32;1-4-19-18-35-29-14-13-28-31(30(19)29)25-17-22(20-9-7-6-8-10-20)16-24-23-15-21(26(5-2)33-3)11-12-27(23)34(28)32(24)25;1-4(6)3-5(2)7;/h1-12,14-20H;4-10,12-18H,1-2H2,3H3;3,6H,1-2H3;/q2*-1;;/b;;4-3-;. The van der Waals surface area contributed by atoms with E-state index in [9.17, 15) is 4.79 Å². The molecule has 8 nitrogen and oxygen atoms in total. The quantitative estimate of drug-likeness (QED) is 0.0742. The van der Waals surface area contributed by atoms with Crippen molar-refractivity contribution < 1.29 is 38.8 Å². The summed E-state index contributed by atoms with van der Waals surface area (Å²) in [5, 5.41) is 21.5. The SMILES string of the molecule is C=CC(=NC)c1[c-]cc2c(c1)c1cc(-c3ccccc3)cc3c4c5c(C=C)coc5ccc4n2c13.CC(=O)/C=C(/C)O.[Ir].[c-]1cc2c(cc1-c1ccccn1)c1cc(-c3ccccc3)cc3c4c5c(ccc4n2c13)oc1ccccc15. The molecule has 0 saturated heterocycles. The van der Waals surface area contributed by atoms with Crippen LogP contribution in [0.2, 0.25) is 0 Å². The van der Waals surface area contributed by atoms with E-state index in [-0.39, 0.29) is 31.6 Å². The Kier molecular flexibility index (Phi) is 12.5. The fourth-order valence-corrected chi connectivity index (χ4v) is 12.1. The Morgan fingerprint density at radius 2 is 1.16 bits per heavy atom. The minimum absolute atomic E-state index is 0. The number of carbonyl (C=O) groups excluding carboxylic acids is 1. The van der Waals surface area contributed by atoms with Crippen LogP contribution in [0, 0.1) is 12.1 Å². The van der Waals surface area contributed by atoms with Gasteiger partial charge in [-0.15, -0.1) is 54.1 Å². The molecule has 0 atom stereocenters. The molecular weight excluding hydrogens is 1180 g/mol. The van der Waals surface area contributed by atoms with Crippen molar-refractivity contribution in [1.82, 2.24) is 13.8 Å². The third-order valence-electron chi connectivity index (χ3n) is 15.4. The van der Waals surface area contributed by atoms with Gasteiger partial charge < -0.3 is 32.7 Å². The number of aliphatic hydroxyl groups excluding tert-OH is 1. The first-order valence-corrected chi connectivity index (χ1v) is 26.4. The number of pyridine rings is 1. The molecule has 1 radical (unpaired) electrons. The molecule has 1 N–H and O–H groups in total. The van der Waals surface area contributed by atoms with Crippen LogP contribution in [0.4, 0.5) is 0 Å². The molecule has 0 bridgehead atoms. The van der Waals surface area contributed by atoms with Gasteiger partial charge in [0.25, 0.3) is 0 Å². The molecule has 0 aliphatic carbocycles. The van der Waals surface area contributed by atoms with Crippen LogP contribution in [0.3, 0.4) is 0 Å². The molecule has 0 fully saturated rings. The number of para-hydroxylation sites is 1. The van der Waals surface area contributed by atoms with Gasteiger partial charge in [-0.05, 0) is 130 Å². The van der Waals surface area contributed by atoms with Crippen molar-refractivity contribution in [2.24, 2.45) is 4.99 Å². The summed E-state index contributed by atoms with van der Waals surface area (Å²) >= 11 is 0. The number of hydrogen-bond donors (Lipinski definition) is 1. The third-order valence-corrected chi connectivity index (χ3v) is 15.4. The van der Waals surface area contributed by atoms with Gasteiger partial charge in [0.15, 0.2) is 5.78 Å². The van der Waals surface area contributed by atoms with Gasteiger partial charge in [0, 0.05) is 93.7 Å². The molecule has 7 heterocycles. The molecule has 0 unspecified atom stereocenters. The number of ketones is 1. The zero-order valence-electron chi connectivity index (χ0n) is 44.3. The van der Waals surface area contributed by atoms with Gasteiger partial charge in [-0.3, -0.25) is 4.79 Å². The molecular formula is C72H48IrN4O4-2. The largest absolute Gasteiger partial charge is 0.512 e. The minimum Gasteiger partial charge on any atom is -0.512 e. The maximum Gasteiger partial charge on any atom is 0.155 e. The summed E-state index contributed by atoms with van der Waals surface area (Å²) in [7, 11) is 1.79. The Hall–Kier alpha value is -9.92. The maximum absolute atomic E-state index is 10.0. The number of aromatic nitrogens is 3. The van der Waals surface area contributed by atoms with Crippen LogP contribution >= 0.6 is 0 Å². The summed E-state index contributed by atoms with van der Waals surface area (Å²) in [6.07, 6.45) is 8.45. The zero-order chi connectivity index (χ0) is 54.3. The van der Waals surface area contributed by atoms with Crippen molar-refractivity contribution in [3.8, 4) is 33.5 Å². The number of aliphatic imine (C=N–C) groups is 1. The van der Waals surface area contributed by atoms with Crippen molar-refractivity contribution >= 4 is 127 Å². The molecule has 0 aliphatic rings. The average molecular weight is 1230 g/mol. The molecule has 9 heteroatoms. The van der Waals surface area contributed by atoms with E-state index in [1.165, 1.54) is 107 Å². The monoisotopic (exact) mass is 1230 g/mol. The Balaban J connectivity index is 0.000000136. The van der Waals surface area contributed by atoms with E-state index in [4.69, 9.17) is 13.9 Å². The molecule has 391 valence electrons. The number of nitrogens with zero attached hydrogens (tertiary/aromatic N) is 4. The topological polar surface area (TPSA) is 97.7 Å². The van der Waals surface area contributed by atoms with Gasteiger partial charge in [-0.2, -0.15) is 0 Å². The smallest absolute Gasteiger partial charge is 0.155 e. The summed E-state index contributed by atoms with van der Waals surface area (Å²) in [5.41, 5.74) is 19.3. The number of benzene rings is 9. The fraction of sp³-hybridized carbons (Fsp3) is 0.0417. The van der Waals surface area contributed by atoms with E-state index in [1.54, 1.807) is 19.4 Å². The molecule has 16 aromatic rings. The molecule has 81 heavy (non-hydrogen) atoms. The van der Waals surface area contributed by atoms with Gasteiger partial charge in [-0.1, -0.05) is 120 Å². The minimum atomic E-state index is -0.125. The average Bonchev–Trinajstić information content (AvgIpc) is 3.97. The van der Waals surface area contributed by atoms with Gasteiger partial charge >= 0.3 is 0 Å². The normalized spacial score (nSPS) is 12.1. The van der Waals surface area contributed by atoms with Crippen molar-refractivity contribution in [1.29, 1.82) is 0 Å². The molecule has 0 saturated carbocycles. The van der Waals surface area contributed by atoms with Crippen LogP contribution in [0.5, 0.6) is 0 Å². The number of furan rings is 2. The van der Waals surface area contributed by atoms with E-state index < -0.39 is 0 Å². The number of rotatable bonds is 7. The summed E-state index contributed by atoms with van der Waals surface area (Å²) in [6, 6.07) is 69.0. The molecule has 7 aromatic heterocycles.